The van der Waals surface area contributed by atoms with Crippen LogP contribution in [0.2, 0.25) is 0 Å². The van der Waals surface area contributed by atoms with Crippen LogP contribution in [0.4, 0.5) is 10.1 Å². The minimum absolute atomic E-state index is 0.0642. The number of hydrogen-bond donors (Lipinski definition) is 1. The van der Waals surface area contributed by atoms with Gasteiger partial charge in [0.05, 0.1) is 11.3 Å². The number of nitrogens with zero attached hydrogens (tertiary/aromatic N) is 1. The Morgan fingerprint density at radius 3 is 2.24 bits per heavy atom. The average Bonchev–Trinajstić information content (AvgIpc) is 2.75. The van der Waals surface area contributed by atoms with Gasteiger partial charge in [0, 0.05) is 13.6 Å². The second-order valence-corrected chi connectivity index (χ2v) is 8.37. The van der Waals surface area contributed by atoms with Crippen LogP contribution in [0.5, 0.6) is 0 Å². The monoisotopic (exact) mass is 412 g/mol. The number of anilines is 1. The van der Waals surface area contributed by atoms with Gasteiger partial charge >= 0.3 is 0 Å². The third kappa shape index (κ3) is 4.81. The van der Waals surface area contributed by atoms with Crippen LogP contribution in [0.25, 0.3) is 0 Å². The molecule has 0 aliphatic carbocycles. The highest BCUT2D eigenvalue weighted by molar-refractivity contribution is 7.92. The molecule has 0 radical (unpaired) electrons. The van der Waals surface area contributed by atoms with E-state index in [-0.39, 0.29) is 16.3 Å². The van der Waals surface area contributed by atoms with E-state index in [2.05, 4.69) is 5.32 Å². The zero-order valence-corrected chi connectivity index (χ0v) is 16.7. The molecular formula is C22H21FN2O3S. The summed E-state index contributed by atoms with van der Waals surface area (Å²) in [5.74, 6) is -0.799. The maximum Gasteiger partial charge on any atom is 0.264 e. The Morgan fingerprint density at radius 1 is 0.931 bits per heavy atom. The quantitative estimate of drug-likeness (QED) is 0.645. The van der Waals surface area contributed by atoms with Crippen molar-refractivity contribution < 1.29 is 17.6 Å². The van der Waals surface area contributed by atoms with Gasteiger partial charge < -0.3 is 5.32 Å². The highest BCUT2D eigenvalue weighted by atomic mass is 32.2. The van der Waals surface area contributed by atoms with Gasteiger partial charge in [-0.25, -0.2) is 12.8 Å². The van der Waals surface area contributed by atoms with Crippen molar-refractivity contribution in [2.75, 3.05) is 17.9 Å². The lowest BCUT2D eigenvalue weighted by Gasteiger charge is -2.21. The minimum Gasteiger partial charge on any atom is -0.352 e. The molecule has 29 heavy (non-hydrogen) atoms. The first-order valence-corrected chi connectivity index (χ1v) is 10.5. The fraction of sp³-hybridized carbons (Fsp3) is 0.136. The Kier molecular flexibility index (Phi) is 6.29. The predicted molar refractivity (Wildman–Crippen MR) is 111 cm³/mol. The maximum absolute atomic E-state index is 13.1. The molecule has 0 atom stereocenters. The maximum atomic E-state index is 13.1. The zero-order valence-electron chi connectivity index (χ0n) is 15.9. The number of rotatable bonds is 7. The summed E-state index contributed by atoms with van der Waals surface area (Å²) in [4.78, 5) is 12.6. The molecule has 0 bridgehead atoms. The Bertz CT molecular complexity index is 1080. The van der Waals surface area contributed by atoms with Crippen molar-refractivity contribution in [3.8, 4) is 0 Å². The van der Waals surface area contributed by atoms with Gasteiger partial charge in [-0.1, -0.05) is 42.5 Å². The summed E-state index contributed by atoms with van der Waals surface area (Å²) in [7, 11) is -2.47. The Balaban J connectivity index is 1.77. The number of benzene rings is 3. The largest absolute Gasteiger partial charge is 0.352 e. The zero-order chi connectivity index (χ0) is 20.9. The molecule has 3 rings (SSSR count). The van der Waals surface area contributed by atoms with E-state index in [1.165, 1.54) is 31.3 Å². The first kappa shape index (κ1) is 20.5. The molecular weight excluding hydrogens is 391 g/mol. The van der Waals surface area contributed by atoms with E-state index in [0.717, 1.165) is 9.87 Å². The molecule has 1 amide bonds. The topological polar surface area (TPSA) is 66.5 Å². The molecule has 0 heterocycles. The molecule has 7 heteroatoms. The van der Waals surface area contributed by atoms with E-state index < -0.39 is 15.9 Å². The van der Waals surface area contributed by atoms with E-state index in [1.54, 1.807) is 54.6 Å². The van der Waals surface area contributed by atoms with E-state index >= 15 is 0 Å². The van der Waals surface area contributed by atoms with E-state index in [1.807, 2.05) is 0 Å². The third-order valence-electron chi connectivity index (χ3n) is 4.50. The first-order valence-electron chi connectivity index (χ1n) is 9.05. The van der Waals surface area contributed by atoms with Gasteiger partial charge in [-0.15, -0.1) is 0 Å². The summed E-state index contributed by atoms with van der Waals surface area (Å²) >= 11 is 0. The molecule has 0 saturated heterocycles. The lowest BCUT2D eigenvalue weighted by Crippen LogP contribution is -2.31. The molecule has 0 saturated carbocycles. The molecule has 3 aromatic carbocycles. The minimum atomic E-state index is -3.92. The third-order valence-corrected chi connectivity index (χ3v) is 6.35. The Morgan fingerprint density at radius 2 is 1.55 bits per heavy atom. The molecule has 0 fully saturated rings. The number of halogens is 1. The summed E-state index contributed by atoms with van der Waals surface area (Å²) in [6.07, 6.45) is 0.505. The molecule has 3 aromatic rings. The van der Waals surface area contributed by atoms with Gasteiger partial charge in [0.25, 0.3) is 15.9 Å². The van der Waals surface area contributed by atoms with Crippen molar-refractivity contribution in [3.63, 3.8) is 0 Å². The van der Waals surface area contributed by atoms with Crippen LogP contribution in [0.3, 0.4) is 0 Å². The average molecular weight is 412 g/mol. The van der Waals surface area contributed by atoms with Crippen molar-refractivity contribution in [3.05, 3.63) is 95.8 Å². The summed E-state index contributed by atoms with van der Waals surface area (Å²) in [5, 5.41) is 2.74. The van der Waals surface area contributed by atoms with Crippen LogP contribution >= 0.6 is 0 Å². The number of amides is 1. The molecule has 0 spiro atoms. The van der Waals surface area contributed by atoms with Gasteiger partial charge in [-0.2, -0.15) is 0 Å². The lowest BCUT2D eigenvalue weighted by atomic mass is 10.1. The first-order chi connectivity index (χ1) is 13.9. The fourth-order valence-electron chi connectivity index (χ4n) is 2.87. The Labute approximate surface area is 169 Å². The number of carbonyl (C=O) groups is 1. The van der Waals surface area contributed by atoms with Crippen molar-refractivity contribution in [2.24, 2.45) is 0 Å². The van der Waals surface area contributed by atoms with Gasteiger partial charge in [0.1, 0.15) is 10.7 Å². The van der Waals surface area contributed by atoms with Crippen LogP contribution in [-0.2, 0) is 16.4 Å². The second kappa shape index (κ2) is 8.87. The molecule has 0 aliphatic rings. The van der Waals surface area contributed by atoms with Crippen LogP contribution in [0.15, 0.2) is 83.8 Å². The van der Waals surface area contributed by atoms with Gasteiger partial charge in [0.15, 0.2) is 0 Å². The van der Waals surface area contributed by atoms with E-state index in [9.17, 15) is 17.6 Å². The number of para-hydroxylation sites is 1. The molecule has 5 nitrogen and oxygen atoms in total. The normalized spacial score (nSPS) is 11.1. The summed E-state index contributed by atoms with van der Waals surface area (Å²) in [6, 6.07) is 20.8. The summed E-state index contributed by atoms with van der Waals surface area (Å²) in [5.41, 5.74) is 1.45. The van der Waals surface area contributed by atoms with E-state index in [4.69, 9.17) is 0 Å². The smallest absolute Gasteiger partial charge is 0.264 e. The molecule has 150 valence electrons. The van der Waals surface area contributed by atoms with Crippen molar-refractivity contribution >= 4 is 21.6 Å². The molecule has 0 aliphatic heterocycles. The van der Waals surface area contributed by atoms with Crippen LogP contribution < -0.4 is 9.62 Å². The lowest BCUT2D eigenvalue weighted by molar-refractivity contribution is 0.0951. The van der Waals surface area contributed by atoms with Crippen LogP contribution in [0, 0.1) is 5.82 Å². The van der Waals surface area contributed by atoms with Crippen LogP contribution in [-0.4, -0.2) is 27.9 Å². The molecule has 1 N–H and O–H groups in total. The fourth-order valence-corrected chi connectivity index (χ4v) is 4.25. The van der Waals surface area contributed by atoms with Gasteiger partial charge in [-0.05, 0) is 48.4 Å². The van der Waals surface area contributed by atoms with Crippen molar-refractivity contribution in [1.82, 2.24) is 5.32 Å². The van der Waals surface area contributed by atoms with E-state index in [0.29, 0.717) is 18.7 Å². The molecule has 0 unspecified atom stereocenters. The standard InChI is InChI=1S/C22H21FN2O3S/c1-25(19-7-3-2-4-8-19)29(27,28)21-10-6-5-9-20(21)22(26)24-16-15-17-11-13-18(23)14-12-17/h2-14H,15-16H2,1H3,(H,24,26). The number of nitrogens with one attached hydrogen (secondary N) is 1. The number of hydrogen-bond acceptors (Lipinski definition) is 3. The highest BCUT2D eigenvalue weighted by Crippen LogP contribution is 2.24. The molecule has 0 aromatic heterocycles. The predicted octanol–water partition coefficient (Wildman–Crippen LogP) is 3.62. The highest BCUT2D eigenvalue weighted by Gasteiger charge is 2.26. The van der Waals surface area contributed by atoms with Gasteiger partial charge in [0.2, 0.25) is 0 Å². The summed E-state index contributed by atoms with van der Waals surface area (Å²) < 4.78 is 40.3. The van der Waals surface area contributed by atoms with Crippen molar-refractivity contribution in [2.45, 2.75) is 11.3 Å². The Hall–Kier alpha value is -3.19. The number of carbonyl (C=O) groups excluding carboxylic acids is 1. The number of sulfonamides is 1. The second-order valence-electron chi connectivity index (χ2n) is 6.44. The SMILES string of the molecule is CN(c1ccccc1)S(=O)(=O)c1ccccc1C(=O)NCCc1ccc(F)cc1. The van der Waals surface area contributed by atoms with Crippen molar-refractivity contribution in [1.29, 1.82) is 0 Å². The van der Waals surface area contributed by atoms with Crippen LogP contribution in [0.1, 0.15) is 15.9 Å². The van der Waals surface area contributed by atoms with Gasteiger partial charge in [-0.3, -0.25) is 9.10 Å². The summed E-state index contributed by atoms with van der Waals surface area (Å²) in [6.45, 7) is 0.299.